The van der Waals surface area contributed by atoms with E-state index in [2.05, 4.69) is 11.0 Å². The van der Waals surface area contributed by atoms with Gasteiger partial charge in [-0.3, -0.25) is 14.5 Å². The molecule has 1 atom stereocenters. The molecule has 2 aromatic carbocycles. The molecule has 0 saturated carbocycles. The van der Waals surface area contributed by atoms with E-state index in [0.29, 0.717) is 38.2 Å². The summed E-state index contributed by atoms with van der Waals surface area (Å²) < 4.78 is 19.7. The molecule has 2 heterocycles. The Bertz CT molecular complexity index is 975. The number of Topliss-reactive ketones (excluding diaryl/α,β-unsaturated/α-hetero) is 1. The van der Waals surface area contributed by atoms with Gasteiger partial charge in [-0.05, 0) is 56.6 Å². The molecule has 0 unspecified atom stereocenters. The van der Waals surface area contributed by atoms with E-state index in [1.165, 1.54) is 24.3 Å². The molecular formula is C25H29FN2O3. The lowest BCUT2D eigenvalue weighted by Crippen LogP contribution is -2.57. The number of ketones is 1. The molecule has 1 amide bonds. The summed E-state index contributed by atoms with van der Waals surface area (Å²) in [5.74, 6) is 0.553. The van der Waals surface area contributed by atoms with Crippen molar-refractivity contribution in [3.8, 4) is 5.75 Å². The highest BCUT2D eigenvalue weighted by Gasteiger charge is 2.42. The van der Waals surface area contributed by atoms with Gasteiger partial charge in [-0.2, -0.15) is 0 Å². The van der Waals surface area contributed by atoms with Crippen molar-refractivity contribution >= 4 is 11.7 Å². The Morgan fingerprint density at radius 1 is 1.13 bits per heavy atom. The summed E-state index contributed by atoms with van der Waals surface area (Å²) in [6.07, 6.45) is 2.18. The van der Waals surface area contributed by atoms with Crippen LogP contribution >= 0.6 is 0 Å². The molecule has 1 spiro atoms. The summed E-state index contributed by atoms with van der Waals surface area (Å²) in [6, 6.07) is 11.8. The van der Waals surface area contributed by atoms with E-state index in [-0.39, 0.29) is 17.5 Å². The van der Waals surface area contributed by atoms with Crippen molar-refractivity contribution < 1.29 is 18.7 Å². The first kappa shape index (κ1) is 21.5. The monoisotopic (exact) mass is 424 g/mol. The number of carbonyl (C=O) groups excluding carboxylic acids is 2. The second-order valence-electron chi connectivity index (χ2n) is 8.83. The number of likely N-dealkylation sites (tertiary alicyclic amines) is 1. The van der Waals surface area contributed by atoms with Crippen LogP contribution in [0.1, 0.15) is 47.7 Å². The second kappa shape index (κ2) is 8.79. The topological polar surface area (TPSA) is 49.9 Å². The molecule has 6 heteroatoms. The van der Waals surface area contributed by atoms with Gasteiger partial charge in [-0.1, -0.05) is 17.7 Å². The van der Waals surface area contributed by atoms with E-state index in [1.54, 1.807) is 6.92 Å². The first-order chi connectivity index (χ1) is 14.8. The molecule has 2 aliphatic heterocycles. The first-order valence-corrected chi connectivity index (χ1v) is 10.9. The Balaban J connectivity index is 1.48. The minimum atomic E-state index is -0.483. The average Bonchev–Trinajstić information content (AvgIpc) is 2.89. The number of nitrogens with zero attached hydrogens (tertiary/aromatic N) is 2. The zero-order chi connectivity index (χ0) is 22.0. The summed E-state index contributed by atoms with van der Waals surface area (Å²) in [5.41, 5.74) is 2.23. The Morgan fingerprint density at radius 3 is 2.65 bits per heavy atom. The molecule has 2 aromatic rings. The van der Waals surface area contributed by atoms with Crippen LogP contribution in [0.3, 0.4) is 0 Å². The minimum absolute atomic E-state index is 0.00703. The fraction of sp³-hybridized carbons (Fsp3) is 0.440. The number of piperidine rings is 1. The summed E-state index contributed by atoms with van der Waals surface area (Å²) in [6.45, 7) is 6.91. The Hall–Kier alpha value is -2.73. The first-order valence-electron chi connectivity index (χ1n) is 10.9. The number of hydrogen-bond donors (Lipinski definition) is 0. The Kier molecular flexibility index (Phi) is 6.10. The van der Waals surface area contributed by atoms with Gasteiger partial charge in [0, 0.05) is 44.1 Å². The van der Waals surface area contributed by atoms with Gasteiger partial charge < -0.3 is 9.64 Å². The fourth-order valence-corrected chi connectivity index (χ4v) is 4.66. The highest BCUT2D eigenvalue weighted by atomic mass is 19.1. The maximum atomic E-state index is 13.1. The number of ether oxygens (including phenoxy) is 1. The SMILES string of the molecule is CC(=O)N1Cc2cc(C)ccc2O[C@]2(CCCN(CCC(=O)c3ccc(F)cc3)C2)C1. The molecule has 1 saturated heterocycles. The summed E-state index contributed by atoms with van der Waals surface area (Å²) >= 11 is 0. The van der Waals surface area contributed by atoms with Crippen molar-refractivity contribution in [2.24, 2.45) is 0 Å². The van der Waals surface area contributed by atoms with Crippen molar-refractivity contribution in [2.75, 3.05) is 26.2 Å². The number of halogens is 1. The third-order valence-electron chi connectivity index (χ3n) is 6.27. The highest BCUT2D eigenvalue weighted by Crippen LogP contribution is 2.35. The number of benzene rings is 2. The maximum Gasteiger partial charge on any atom is 0.219 e. The molecule has 0 bridgehead atoms. The lowest BCUT2D eigenvalue weighted by Gasteiger charge is -2.43. The van der Waals surface area contributed by atoms with Crippen LogP contribution in [-0.4, -0.2) is 53.3 Å². The lowest BCUT2D eigenvalue weighted by molar-refractivity contribution is -0.133. The van der Waals surface area contributed by atoms with Crippen molar-refractivity contribution in [2.45, 2.75) is 45.3 Å². The van der Waals surface area contributed by atoms with Gasteiger partial charge in [-0.25, -0.2) is 4.39 Å². The zero-order valence-corrected chi connectivity index (χ0v) is 18.2. The highest BCUT2D eigenvalue weighted by molar-refractivity contribution is 5.96. The second-order valence-corrected chi connectivity index (χ2v) is 8.83. The van der Waals surface area contributed by atoms with E-state index in [1.807, 2.05) is 24.0 Å². The van der Waals surface area contributed by atoms with Crippen LogP contribution < -0.4 is 4.74 Å². The number of amides is 1. The van der Waals surface area contributed by atoms with Crippen LogP contribution in [0.4, 0.5) is 4.39 Å². The molecule has 4 rings (SSSR count). The predicted octanol–water partition coefficient (Wildman–Crippen LogP) is 3.98. The minimum Gasteiger partial charge on any atom is -0.484 e. The smallest absolute Gasteiger partial charge is 0.219 e. The lowest BCUT2D eigenvalue weighted by atomic mass is 9.91. The van der Waals surface area contributed by atoms with Crippen molar-refractivity contribution in [3.05, 3.63) is 65.0 Å². The number of fused-ring (bicyclic) bond motifs is 1. The zero-order valence-electron chi connectivity index (χ0n) is 18.2. The van der Waals surface area contributed by atoms with Gasteiger partial charge in [0.25, 0.3) is 0 Å². The molecule has 1 fully saturated rings. The third kappa shape index (κ3) is 4.96. The van der Waals surface area contributed by atoms with Crippen LogP contribution in [0, 0.1) is 12.7 Å². The third-order valence-corrected chi connectivity index (χ3v) is 6.27. The van der Waals surface area contributed by atoms with E-state index >= 15 is 0 Å². The average molecular weight is 425 g/mol. The van der Waals surface area contributed by atoms with Crippen LogP contribution in [0.25, 0.3) is 0 Å². The van der Waals surface area contributed by atoms with Gasteiger partial charge in [0.1, 0.15) is 17.2 Å². The Labute approximate surface area is 182 Å². The fourth-order valence-electron chi connectivity index (χ4n) is 4.66. The van der Waals surface area contributed by atoms with E-state index < -0.39 is 5.60 Å². The quantitative estimate of drug-likeness (QED) is 0.697. The van der Waals surface area contributed by atoms with Gasteiger partial charge >= 0.3 is 0 Å². The van der Waals surface area contributed by atoms with Crippen molar-refractivity contribution in [1.29, 1.82) is 0 Å². The van der Waals surface area contributed by atoms with Crippen LogP contribution in [0.5, 0.6) is 5.75 Å². The van der Waals surface area contributed by atoms with Gasteiger partial charge in [0.05, 0.1) is 6.54 Å². The summed E-state index contributed by atoms with van der Waals surface area (Å²) in [4.78, 5) is 29.0. The van der Waals surface area contributed by atoms with Gasteiger partial charge in [0.2, 0.25) is 5.91 Å². The molecule has 0 aliphatic carbocycles. The number of carbonyl (C=O) groups is 2. The molecule has 2 aliphatic rings. The molecular weight excluding hydrogens is 395 g/mol. The largest absolute Gasteiger partial charge is 0.484 e. The van der Waals surface area contributed by atoms with Crippen LogP contribution in [0.2, 0.25) is 0 Å². The molecule has 0 N–H and O–H groups in total. The predicted molar refractivity (Wildman–Crippen MR) is 117 cm³/mol. The van der Waals surface area contributed by atoms with Gasteiger partial charge in [-0.15, -0.1) is 0 Å². The molecule has 0 aromatic heterocycles. The van der Waals surface area contributed by atoms with Crippen molar-refractivity contribution in [1.82, 2.24) is 9.80 Å². The standard InChI is InChI=1S/C25H29FN2O3/c1-18-4-9-24-21(14-18)15-28(19(2)29)17-25(31-24)11-3-12-27(16-25)13-10-23(30)20-5-7-22(26)8-6-20/h4-9,14H,3,10-13,15-17H2,1-2H3/t25-/m0/s1. The summed E-state index contributed by atoms with van der Waals surface area (Å²) in [5, 5.41) is 0. The van der Waals surface area contributed by atoms with Crippen molar-refractivity contribution in [3.63, 3.8) is 0 Å². The molecule has 31 heavy (non-hydrogen) atoms. The number of rotatable bonds is 4. The number of hydrogen-bond acceptors (Lipinski definition) is 4. The van der Waals surface area contributed by atoms with Crippen LogP contribution in [0.15, 0.2) is 42.5 Å². The molecule has 0 radical (unpaired) electrons. The normalized spacial score (nSPS) is 21.3. The van der Waals surface area contributed by atoms with Gasteiger partial charge in [0.15, 0.2) is 5.78 Å². The van der Waals surface area contributed by atoms with E-state index in [4.69, 9.17) is 4.74 Å². The van der Waals surface area contributed by atoms with E-state index in [9.17, 15) is 14.0 Å². The van der Waals surface area contributed by atoms with Crippen LogP contribution in [-0.2, 0) is 11.3 Å². The van der Waals surface area contributed by atoms with E-state index in [0.717, 1.165) is 36.3 Å². The summed E-state index contributed by atoms with van der Waals surface area (Å²) in [7, 11) is 0. The Morgan fingerprint density at radius 2 is 1.90 bits per heavy atom. The molecule has 164 valence electrons. The maximum absolute atomic E-state index is 13.1. The number of aryl methyl sites for hydroxylation is 1. The molecule has 5 nitrogen and oxygen atoms in total.